The summed E-state index contributed by atoms with van der Waals surface area (Å²) in [6.45, 7) is 9.24. The third-order valence-corrected chi connectivity index (χ3v) is 3.65. The quantitative estimate of drug-likeness (QED) is 0.537. The van der Waals surface area contributed by atoms with Gasteiger partial charge in [0.05, 0.1) is 6.54 Å². The van der Waals surface area contributed by atoms with Gasteiger partial charge in [0.25, 0.3) is 0 Å². The molecule has 6 heteroatoms. The smallest absolute Gasteiger partial charge is 0.224 e. The zero-order valence-corrected chi connectivity index (χ0v) is 14.9. The maximum Gasteiger partial charge on any atom is 0.224 e. The number of carbonyl (C=O) groups excluding carboxylic acids is 1. The fraction of sp³-hybridized carbons (Fsp3) is 0.556. The van der Waals surface area contributed by atoms with E-state index in [0.717, 1.165) is 25.2 Å². The van der Waals surface area contributed by atoms with Crippen molar-refractivity contribution in [2.45, 2.75) is 33.6 Å². The van der Waals surface area contributed by atoms with Crippen molar-refractivity contribution in [3.05, 3.63) is 35.6 Å². The number of guanidine groups is 1. The Labute approximate surface area is 144 Å². The number of nitrogens with zero attached hydrogens (tertiary/aromatic N) is 2. The minimum atomic E-state index is -0.219. The highest BCUT2D eigenvalue weighted by atomic mass is 19.1. The number of halogens is 1. The highest BCUT2D eigenvalue weighted by Gasteiger charge is 2.08. The molecule has 0 saturated carbocycles. The van der Waals surface area contributed by atoms with Crippen LogP contribution in [0.25, 0.3) is 0 Å². The van der Waals surface area contributed by atoms with Crippen molar-refractivity contribution in [1.29, 1.82) is 0 Å². The molecule has 0 aliphatic rings. The molecule has 24 heavy (non-hydrogen) atoms. The summed E-state index contributed by atoms with van der Waals surface area (Å²) < 4.78 is 13.1. The summed E-state index contributed by atoms with van der Waals surface area (Å²) in [6.07, 6.45) is 1.11. The van der Waals surface area contributed by atoms with Gasteiger partial charge >= 0.3 is 0 Å². The molecule has 0 aromatic heterocycles. The van der Waals surface area contributed by atoms with Gasteiger partial charge in [-0.1, -0.05) is 12.1 Å². The van der Waals surface area contributed by atoms with Gasteiger partial charge in [-0.3, -0.25) is 9.79 Å². The van der Waals surface area contributed by atoms with Gasteiger partial charge in [-0.15, -0.1) is 0 Å². The largest absolute Gasteiger partial charge is 0.357 e. The predicted molar refractivity (Wildman–Crippen MR) is 96.6 cm³/mol. The average Bonchev–Trinajstić information content (AvgIpc) is 2.56. The molecular formula is C18H29FN4O. The Kier molecular flexibility index (Phi) is 9.49. The molecule has 0 radical (unpaired) electrons. The van der Waals surface area contributed by atoms with E-state index in [0.29, 0.717) is 31.9 Å². The molecule has 0 aliphatic carbocycles. The molecule has 0 unspecified atom stereocenters. The molecule has 0 atom stereocenters. The number of nitrogens with one attached hydrogen (secondary N) is 2. The second-order valence-corrected chi connectivity index (χ2v) is 5.38. The normalized spacial score (nSPS) is 11.2. The number of benzene rings is 1. The lowest BCUT2D eigenvalue weighted by Crippen LogP contribution is -2.38. The first kappa shape index (κ1) is 19.9. The van der Waals surface area contributed by atoms with Crippen LogP contribution in [0.5, 0.6) is 0 Å². The van der Waals surface area contributed by atoms with Crippen molar-refractivity contribution < 1.29 is 9.18 Å². The fourth-order valence-electron chi connectivity index (χ4n) is 2.36. The SMILES string of the molecule is CCNC(=NCCC(=O)N(CC)CC)NCCc1cccc(F)c1. The number of rotatable bonds is 9. The van der Waals surface area contributed by atoms with Crippen molar-refractivity contribution in [1.82, 2.24) is 15.5 Å². The minimum absolute atomic E-state index is 0.124. The van der Waals surface area contributed by atoms with Gasteiger partial charge in [0.15, 0.2) is 5.96 Å². The molecule has 0 aliphatic heterocycles. The summed E-state index contributed by atoms with van der Waals surface area (Å²) in [7, 11) is 0. The Hall–Kier alpha value is -2.11. The molecule has 0 bridgehead atoms. The van der Waals surface area contributed by atoms with E-state index in [-0.39, 0.29) is 11.7 Å². The van der Waals surface area contributed by atoms with Crippen LogP contribution < -0.4 is 10.6 Å². The Morgan fingerprint density at radius 2 is 1.96 bits per heavy atom. The van der Waals surface area contributed by atoms with Crippen molar-refractivity contribution in [2.75, 3.05) is 32.7 Å². The number of hydrogen-bond acceptors (Lipinski definition) is 2. The molecule has 0 fully saturated rings. The topological polar surface area (TPSA) is 56.7 Å². The summed E-state index contributed by atoms with van der Waals surface area (Å²) in [5.41, 5.74) is 0.940. The minimum Gasteiger partial charge on any atom is -0.357 e. The van der Waals surface area contributed by atoms with E-state index in [1.54, 1.807) is 11.0 Å². The highest BCUT2D eigenvalue weighted by molar-refractivity contribution is 5.80. The van der Waals surface area contributed by atoms with Crippen LogP contribution in [0.1, 0.15) is 32.8 Å². The van der Waals surface area contributed by atoms with E-state index in [2.05, 4.69) is 15.6 Å². The number of amides is 1. The molecule has 1 aromatic rings. The standard InChI is InChI=1S/C18H29FN4O/c1-4-20-18(22-13-11-17(24)23(5-2)6-3)21-12-10-15-8-7-9-16(19)14-15/h7-9,14H,4-6,10-13H2,1-3H3,(H2,20,21,22). The molecule has 0 saturated heterocycles. The Morgan fingerprint density at radius 3 is 2.58 bits per heavy atom. The van der Waals surface area contributed by atoms with E-state index < -0.39 is 0 Å². The van der Waals surface area contributed by atoms with Crippen LogP contribution in [0.3, 0.4) is 0 Å². The van der Waals surface area contributed by atoms with Gasteiger partial charge in [0.1, 0.15) is 5.82 Å². The Balaban J connectivity index is 2.43. The van der Waals surface area contributed by atoms with Gasteiger partial charge in [-0.25, -0.2) is 4.39 Å². The van der Waals surface area contributed by atoms with Crippen LogP contribution in [-0.4, -0.2) is 49.5 Å². The first-order chi connectivity index (χ1) is 11.6. The lowest BCUT2D eigenvalue weighted by Gasteiger charge is -2.18. The summed E-state index contributed by atoms with van der Waals surface area (Å²) >= 11 is 0. The molecule has 0 spiro atoms. The number of aliphatic imine (C=N–C) groups is 1. The van der Waals surface area contributed by atoms with Crippen LogP contribution in [0, 0.1) is 5.82 Å². The van der Waals surface area contributed by atoms with E-state index in [9.17, 15) is 9.18 Å². The Morgan fingerprint density at radius 1 is 1.21 bits per heavy atom. The maximum absolute atomic E-state index is 13.1. The first-order valence-corrected chi connectivity index (χ1v) is 8.65. The number of carbonyl (C=O) groups is 1. The van der Waals surface area contributed by atoms with Crippen molar-refractivity contribution in [3.63, 3.8) is 0 Å². The average molecular weight is 336 g/mol. The third kappa shape index (κ3) is 7.44. The van der Waals surface area contributed by atoms with Crippen LogP contribution in [0.4, 0.5) is 4.39 Å². The highest BCUT2D eigenvalue weighted by Crippen LogP contribution is 2.03. The number of hydrogen-bond donors (Lipinski definition) is 2. The molecule has 1 aromatic carbocycles. The van der Waals surface area contributed by atoms with Crippen LogP contribution >= 0.6 is 0 Å². The summed E-state index contributed by atoms with van der Waals surface area (Å²) in [5.74, 6) is 0.587. The van der Waals surface area contributed by atoms with Gasteiger partial charge in [0.2, 0.25) is 5.91 Å². The zero-order chi connectivity index (χ0) is 17.8. The van der Waals surface area contributed by atoms with E-state index >= 15 is 0 Å². The maximum atomic E-state index is 13.1. The van der Waals surface area contributed by atoms with Crippen molar-refractivity contribution in [2.24, 2.45) is 4.99 Å². The van der Waals surface area contributed by atoms with Gasteiger partial charge in [0, 0.05) is 32.6 Å². The molecule has 2 N–H and O–H groups in total. The van der Waals surface area contributed by atoms with Crippen LogP contribution in [0.15, 0.2) is 29.3 Å². The second kappa shape index (κ2) is 11.4. The molecular weight excluding hydrogens is 307 g/mol. The lowest BCUT2D eigenvalue weighted by molar-refractivity contribution is -0.130. The fourth-order valence-corrected chi connectivity index (χ4v) is 2.36. The molecule has 5 nitrogen and oxygen atoms in total. The van der Waals surface area contributed by atoms with Gasteiger partial charge < -0.3 is 15.5 Å². The molecule has 1 rings (SSSR count). The first-order valence-electron chi connectivity index (χ1n) is 8.65. The van der Waals surface area contributed by atoms with Gasteiger partial charge in [-0.2, -0.15) is 0 Å². The predicted octanol–water partition coefficient (Wildman–Crippen LogP) is 2.18. The monoisotopic (exact) mass is 336 g/mol. The van der Waals surface area contributed by atoms with Crippen molar-refractivity contribution >= 4 is 11.9 Å². The molecule has 134 valence electrons. The van der Waals surface area contributed by atoms with E-state index in [1.807, 2.05) is 26.8 Å². The molecule has 0 heterocycles. The molecule has 1 amide bonds. The van der Waals surface area contributed by atoms with E-state index in [1.165, 1.54) is 12.1 Å². The Bertz CT molecular complexity index is 530. The summed E-state index contributed by atoms with van der Waals surface area (Å²) in [6, 6.07) is 6.59. The lowest BCUT2D eigenvalue weighted by atomic mass is 10.1. The van der Waals surface area contributed by atoms with Crippen LogP contribution in [-0.2, 0) is 11.2 Å². The van der Waals surface area contributed by atoms with Gasteiger partial charge in [-0.05, 0) is 44.9 Å². The van der Waals surface area contributed by atoms with Crippen molar-refractivity contribution in [3.8, 4) is 0 Å². The van der Waals surface area contributed by atoms with E-state index in [4.69, 9.17) is 0 Å². The zero-order valence-electron chi connectivity index (χ0n) is 14.9. The summed E-state index contributed by atoms with van der Waals surface area (Å²) in [5, 5.41) is 6.36. The van der Waals surface area contributed by atoms with Crippen LogP contribution in [0.2, 0.25) is 0 Å². The second-order valence-electron chi connectivity index (χ2n) is 5.38. The third-order valence-electron chi connectivity index (χ3n) is 3.65. The summed E-state index contributed by atoms with van der Waals surface area (Å²) in [4.78, 5) is 18.2.